The molecule has 0 bridgehead atoms. The van der Waals surface area contributed by atoms with E-state index in [4.69, 9.17) is 9.47 Å². The molecular formula is C14H23NO3. The summed E-state index contributed by atoms with van der Waals surface area (Å²) in [7, 11) is 1.57. The van der Waals surface area contributed by atoms with Gasteiger partial charge < -0.3 is 19.9 Å². The zero-order valence-corrected chi connectivity index (χ0v) is 11.0. The number of methoxy groups -OCH3 is 1. The largest absolute Gasteiger partial charge is 0.388 e. The van der Waals surface area contributed by atoms with E-state index in [0.717, 1.165) is 19.5 Å². The summed E-state index contributed by atoms with van der Waals surface area (Å²) in [6, 6.07) is 10.3. The molecule has 0 aromatic heterocycles. The van der Waals surface area contributed by atoms with E-state index in [9.17, 15) is 5.11 Å². The van der Waals surface area contributed by atoms with Crippen molar-refractivity contribution in [2.24, 2.45) is 0 Å². The second-order valence-electron chi connectivity index (χ2n) is 4.20. The van der Waals surface area contributed by atoms with Gasteiger partial charge in [0.25, 0.3) is 0 Å². The fraction of sp³-hybridized carbons (Fsp3) is 0.571. The van der Waals surface area contributed by atoms with Gasteiger partial charge in [-0.2, -0.15) is 0 Å². The lowest BCUT2D eigenvalue weighted by molar-refractivity contribution is -0.00642. The van der Waals surface area contributed by atoms with Crippen LogP contribution in [0.25, 0.3) is 0 Å². The summed E-state index contributed by atoms with van der Waals surface area (Å²) in [6.07, 6.45) is 0.416. The predicted octanol–water partition coefficient (Wildman–Crippen LogP) is 1.19. The molecule has 0 aliphatic rings. The second-order valence-corrected chi connectivity index (χ2v) is 4.20. The monoisotopic (exact) mass is 253 g/mol. The van der Waals surface area contributed by atoms with Crippen molar-refractivity contribution in [3.8, 4) is 0 Å². The van der Waals surface area contributed by atoms with Gasteiger partial charge in [0.2, 0.25) is 0 Å². The molecule has 1 rings (SSSR count). The van der Waals surface area contributed by atoms with Gasteiger partial charge in [0, 0.05) is 20.3 Å². The van der Waals surface area contributed by atoms with Crippen molar-refractivity contribution in [1.82, 2.24) is 5.32 Å². The topological polar surface area (TPSA) is 50.7 Å². The first-order valence-corrected chi connectivity index (χ1v) is 6.32. The maximum Gasteiger partial charge on any atom is 0.101 e. The van der Waals surface area contributed by atoms with Crippen molar-refractivity contribution in [3.05, 3.63) is 35.9 Å². The number of ether oxygens (including phenoxy) is 2. The molecular weight excluding hydrogens is 230 g/mol. The number of aliphatic hydroxyl groups is 1. The Labute approximate surface area is 109 Å². The highest BCUT2D eigenvalue weighted by Gasteiger charge is 2.02. The Morgan fingerprint density at radius 2 is 2.00 bits per heavy atom. The third kappa shape index (κ3) is 7.40. The molecule has 0 amide bonds. The van der Waals surface area contributed by atoms with Crippen molar-refractivity contribution in [3.63, 3.8) is 0 Å². The smallest absolute Gasteiger partial charge is 0.101 e. The highest BCUT2D eigenvalue weighted by molar-refractivity contribution is 5.14. The minimum atomic E-state index is -0.521. The van der Waals surface area contributed by atoms with Crippen molar-refractivity contribution < 1.29 is 14.6 Å². The van der Waals surface area contributed by atoms with Gasteiger partial charge in [-0.25, -0.2) is 0 Å². The van der Waals surface area contributed by atoms with Crippen LogP contribution in [-0.2, 0) is 16.0 Å². The zero-order chi connectivity index (χ0) is 13.1. The molecule has 2 N–H and O–H groups in total. The maximum atomic E-state index is 9.33. The summed E-state index contributed by atoms with van der Waals surface area (Å²) in [5, 5.41) is 12.7. The Bertz CT molecular complexity index is 292. The summed E-state index contributed by atoms with van der Waals surface area (Å²) in [5.74, 6) is 0. The van der Waals surface area contributed by atoms with Crippen molar-refractivity contribution in [2.75, 3.05) is 33.5 Å². The van der Waals surface area contributed by atoms with Gasteiger partial charge in [0.05, 0.1) is 13.2 Å². The Balaban J connectivity index is 1.90. The van der Waals surface area contributed by atoms with Gasteiger partial charge in [-0.15, -0.1) is 0 Å². The van der Waals surface area contributed by atoms with E-state index in [0.29, 0.717) is 19.8 Å². The molecule has 0 aliphatic carbocycles. The Hall–Kier alpha value is -0.940. The fourth-order valence-corrected chi connectivity index (χ4v) is 1.59. The predicted molar refractivity (Wildman–Crippen MR) is 71.5 cm³/mol. The van der Waals surface area contributed by atoms with Crippen molar-refractivity contribution in [1.29, 1.82) is 0 Å². The third-order valence-corrected chi connectivity index (χ3v) is 2.48. The molecule has 1 aromatic carbocycles. The molecule has 1 atom stereocenters. The number of benzene rings is 1. The number of hydrogen-bond acceptors (Lipinski definition) is 4. The molecule has 1 unspecified atom stereocenters. The molecule has 4 heteroatoms. The summed E-state index contributed by atoms with van der Waals surface area (Å²) in [6.45, 7) is 3.11. The lowest BCUT2D eigenvalue weighted by Gasteiger charge is -2.10. The van der Waals surface area contributed by atoms with Crippen LogP contribution in [-0.4, -0.2) is 44.7 Å². The van der Waals surface area contributed by atoms with E-state index in [-0.39, 0.29) is 0 Å². The summed E-state index contributed by atoms with van der Waals surface area (Å²) < 4.78 is 10.1. The van der Waals surface area contributed by atoms with Crippen LogP contribution in [0.3, 0.4) is 0 Å². The molecule has 0 heterocycles. The van der Waals surface area contributed by atoms with Gasteiger partial charge in [0.15, 0.2) is 0 Å². The van der Waals surface area contributed by atoms with Gasteiger partial charge in [-0.05, 0) is 18.5 Å². The molecule has 102 valence electrons. The van der Waals surface area contributed by atoms with Crippen LogP contribution < -0.4 is 5.32 Å². The Morgan fingerprint density at radius 3 is 2.72 bits per heavy atom. The molecule has 0 spiro atoms. The molecule has 4 nitrogen and oxygen atoms in total. The second kappa shape index (κ2) is 10.0. The van der Waals surface area contributed by atoms with Crippen LogP contribution in [0.4, 0.5) is 0 Å². The molecule has 0 radical (unpaired) electrons. The minimum Gasteiger partial charge on any atom is -0.388 e. The number of aliphatic hydroxyl groups excluding tert-OH is 1. The summed E-state index contributed by atoms with van der Waals surface area (Å²) >= 11 is 0. The van der Waals surface area contributed by atoms with Gasteiger partial charge in [-0.3, -0.25) is 0 Å². The Morgan fingerprint density at radius 1 is 1.22 bits per heavy atom. The van der Waals surface area contributed by atoms with E-state index < -0.39 is 6.10 Å². The SMILES string of the molecule is COCC(O)COCCCNCc1ccccc1. The maximum absolute atomic E-state index is 9.33. The number of nitrogens with one attached hydrogen (secondary N) is 1. The first kappa shape index (κ1) is 15.1. The van der Waals surface area contributed by atoms with Crippen LogP contribution in [0.5, 0.6) is 0 Å². The standard InChI is InChI=1S/C14H23NO3/c1-17-11-14(16)12-18-9-5-8-15-10-13-6-3-2-4-7-13/h2-4,6-7,14-16H,5,8-12H2,1H3. The van der Waals surface area contributed by atoms with Crippen molar-refractivity contribution >= 4 is 0 Å². The quantitative estimate of drug-likeness (QED) is 0.615. The highest BCUT2D eigenvalue weighted by Crippen LogP contribution is 1.97. The van der Waals surface area contributed by atoms with Crippen LogP contribution in [0.2, 0.25) is 0 Å². The lowest BCUT2D eigenvalue weighted by atomic mass is 10.2. The van der Waals surface area contributed by atoms with Gasteiger partial charge >= 0.3 is 0 Å². The normalized spacial score (nSPS) is 12.6. The highest BCUT2D eigenvalue weighted by atomic mass is 16.5. The Kier molecular flexibility index (Phi) is 8.42. The molecule has 0 fully saturated rings. The molecule has 1 aromatic rings. The van der Waals surface area contributed by atoms with Crippen LogP contribution in [0.15, 0.2) is 30.3 Å². The molecule has 0 saturated carbocycles. The molecule has 0 saturated heterocycles. The average molecular weight is 253 g/mol. The van der Waals surface area contributed by atoms with E-state index in [1.807, 2.05) is 18.2 Å². The number of rotatable bonds is 10. The molecule has 18 heavy (non-hydrogen) atoms. The van der Waals surface area contributed by atoms with Crippen LogP contribution >= 0.6 is 0 Å². The lowest BCUT2D eigenvalue weighted by Crippen LogP contribution is -2.22. The summed E-state index contributed by atoms with van der Waals surface area (Å²) in [5.41, 5.74) is 1.29. The number of hydrogen-bond donors (Lipinski definition) is 2. The van der Waals surface area contributed by atoms with E-state index in [2.05, 4.69) is 17.4 Å². The van der Waals surface area contributed by atoms with E-state index >= 15 is 0 Å². The van der Waals surface area contributed by atoms with Crippen LogP contribution in [0, 0.1) is 0 Å². The minimum absolute atomic E-state index is 0.326. The first-order chi connectivity index (χ1) is 8.83. The third-order valence-electron chi connectivity index (χ3n) is 2.48. The summed E-state index contributed by atoms with van der Waals surface area (Å²) in [4.78, 5) is 0. The van der Waals surface area contributed by atoms with E-state index in [1.165, 1.54) is 5.56 Å². The zero-order valence-electron chi connectivity index (χ0n) is 11.0. The molecule has 0 aliphatic heterocycles. The van der Waals surface area contributed by atoms with Crippen LogP contribution in [0.1, 0.15) is 12.0 Å². The van der Waals surface area contributed by atoms with Gasteiger partial charge in [-0.1, -0.05) is 30.3 Å². The first-order valence-electron chi connectivity index (χ1n) is 6.32. The van der Waals surface area contributed by atoms with Crippen molar-refractivity contribution in [2.45, 2.75) is 19.1 Å². The average Bonchev–Trinajstić information content (AvgIpc) is 2.39. The fourth-order valence-electron chi connectivity index (χ4n) is 1.59. The van der Waals surface area contributed by atoms with Gasteiger partial charge in [0.1, 0.15) is 6.10 Å². The van der Waals surface area contributed by atoms with E-state index in [1.54, 1.807) is 7.11 Å².